The van der Waals surface area contributed by atoms with Gasteiger partial charge in [0.25, 0.3) is 5.91 Å². The molecule has 0 bridgehead atoms. The lowest BCUT2D eigenvalue weighted by Crippen LogP contribution is -2.53. The Hall–Kier alpha value is -1.63. The van der Waals surface area contributed by atoms with Crippen LogP contribution in [0.2, 0.25) is 0 Å². The van der Waals surface area contributed by atoms with E-state index in [9.17, 15) is 14.4 Å². The average Bonchev–Trinajstić information content (AvgIpc) is 2.61. The first-order valence-electron chi connectivity index (χ1n) is 6.94. The Bertz CT molecular complexity index is 435. The summed E-state index contributed by atoms with van der Waals surface area (Å²) in [4.78, 5) is 38.8. The summed E-state index contributed by atoms with van der Waals surface area (Å²) >= 11 is 0. The lowest BCUT2D eigenvalue weighted by molar-refractivity contribution is -0.134. The molecule has 2 N–H and O–H groups in total. The van der Waals surface area contributed by atoms with Crippen molar-refractivity contribution in [2.24, 2.45) is 0 Å². The van der Waals surface area contributed by atoms with Crippen molar-refractivity contribution >= 4 is 17.8 Å². The molecule has 112 valence electrons. The first-order chi connectivity index (χ1) is 9.36. The number of amides is 4. The van der Waals surface area contributed by atoms with Crippen LogP contribution in [-0.4, -0.2) is 65.9 Å². The van der Waals surface area contributed by atoms with Crippen molar-refractivity contribution in [2.75, 3.05) is 26.7 Å². The summed E-state index contributed by atoms with van der Waals surface area (Å²) in [5, 5.41) is 5.42. The van der Waals surface area contributed by atoms with Gasteiger partial charge in [-0.3, -0.25) is 14.9 Å². The summed E-state index contributed by atoms with van der Waals surface area (Å²) in [5.74, 6) is -0.468. The monoisotopic (exact) mass is 282 g/mol. The van der Waals surface area contributed by atoms with Crippen LogP contribution in [0.25, 0.3) is 0 Å². The van der Waals surface area contributed by atoms with E-state index >= 15 is 0 Å². The zero-order valence-corrected chi connectivity index (χ0v) is 12.2. The van der Waals surface area contributed by atoms with Crippen LogP contribution in [0.15, 0.2) is 0 Å². The van der Waals surface area contributed by atoms with E-state index in [2.05, 4.69) is 10.6 Å². The zero-order valence-electron chi connectivity index (χ0n) is 12.2. The van der Waals surface area contributed by atoms with Crippen LogP contribution in [0.3, 0.4) is 0 Å². The van der Waals surface area contributed by atoms with E-state index in [4.69, 9.17) is 0 Å². The van der Waals surface area contributed by atoms with E-state index in [0.717, 1.165) is 12.8 Å². The highest BCUT2D eigenvalue weighted by atomic mass is 16.2. The third-order valence-electron chi connectivity index (χ3n) is 4.17. The van der Waals surface area contributed by atoms with Crippen molar-refractivity contribution in [3.8, 4) is 0 Å². The molecule has 2 saturated heterocycles. The van der Waals surface area contributed by atoms with Crippen LogP contribution in [0, 0.1) is 0 Å². The summed E-state index contributed by atoms with van der Waals surface area (Å²) in [6.45, 7) is 4.60. The second kappa shape index (κ2) is 5.40. The van der Waals surface area contributed by atoms with Crippen molar-refractivity contribution in [2.45, 2.75) is 38.3 Å². The third kappa shape index (κ3) is 2.63. The molecule has 0 aromatic heterocycles. The Kier molecular flexibility index (Phi) is 3.99. The predicted molar refractivity (Wildman–Crippen MR) is 73.0 cm³/mol. The number of hydrogen-bond acceptors (Lipinski definition) is 4. The summed E-state index contributed by atoms with van der Waals surface area (Å²) in [5.41, 5.74) is -0.967. The first kappa shape index (κ1) is 14.8. The highest BCUT2D eigenvalue weighted by Crippen LogP contribution is 2.21. The maximum Gasteiger partial charge on any atom is 0.325 e. The quantitative estimate of drug-likeness (QED) is 0.686. The molecule has 1 atom stereocenters. The summed E-state index contributed by atoms with van der Waals surface area (Å²) in [6, 6.07) is -0.190. The Morgan fingerprint density at radius 2 is 2.15 bits per heavy atom. The highest BCUT2D eigenvalue weighted by molar-refractivity contribution is 6.07. The maximum absolute atomic E-state index is 12.3. The van der Waals surface area contributed by atoms with Crippen molar-refractivity contribution in [1.82, 2.24) is 20.4 Å². The molecule has 2 heterocycles. The Labute approximate surface area is 118 Å². The summed E-state index contributed by atoms with van der Waals surface area (Å²) in [6.07, 6.45) is 2.00. The standard InChI is InChI=1S/C13H22N4O3/c1-13(2)11(19)15-12(20)17(13)8-10(18)16-6-4-5-9(7-16)14-3/h9,14H,4-8H2,1-3H3,(H,15,19,20). The summed E-state index contributed by atoms with van der Waals surface area (Å²) in [7, 11) is 1.88. The number of piperidine rings is 1. The zero-order chi connectivity index (χ0) is 14.9. The molecule has 2 fully saturated rings. The maximum atomic E-state index is 12.3. The van der Waals surface area contributed by atoms with Gasteiger partial charge < -0.3 is 15.1 Å². The van der Waals surface area contributed by atoms with Gasteiger partial charge in [0.2, 0.25) is 5.91 Å². The number of carbonyl (C=O) groups is 3. The SMILES string of the molecule is CNC1CCCN(C(=O)CN2C(=O)NC(=O)C2(C)C)C1. The van der Waals surface area contributed by atoms with Crippen LogP contribution < -0.4 is 10.6 Å². The third-order valence-corrected chi connectivity index (χ3v) is 4.17. The van der Waals surface area contributed by atoms with E-state index in [1.165, 1.54) is 4.90 Å². The molecule has 0 aromatic rings. The van der Waals surface area contributed by atoms with Gasteiger partial charge in [-0.05, 0) is 33.7 Å². The van der Waals surface area contributed by atoms with Gasteiger partial charge in [0.15, 0.2) is 0 Å². The fourth-order valence-corrected chi connectivity index (χ4v) is 2.64. The molecular weight excluding hydrogens is 260 g/mol. The number of urea groups is 1. The van der Waals surface area contributed by atoms with Crippen molar-refractivity contribution in [3.63, 3.8) is 0 Å². The minimum atomic E-state index is -0.967. The molecule has 4 amide bonds. The number of hydrogen-bond donors (Lipinski definition) is 2. The molecule has 0 spiro atoms. The minimum absolute atomic E-state index is 0.0546. The van der Waals surface area contributed by atoms with Gasteiger partial charge in [0, 0.05) is 19.1 Å². The van der Waals surface area contributed by atoms with E-state index in [-0.39, 0.29) is 18.4 Å². The molecule has 0 aliphatic carbocycles. The van der Waals surface area contributed by atoms with E-state index < -0.39 is 11.6 Å². The molecule has 7 heteroatoms. The molecule has 20 heavy (non-hydrogen) atoms. The lowest BCUT2D eigenvalue weighted by atomic mass is 10.0. The molecule has 1 unspecified atom stereocenters. The van der Waals surface area contributed by atoms with Crippen molar-refractivity contribution < 1.29 is 14.4 Å². The van der Waals surface area contributed by atoms with E-state index in [0.29, 0.717) is 19.1 Å². The molecule has 2 rings (SSSR count). The van der Waals surface area contributed by atoms with Crippen LogP contribution in [0.4, 0.5) is 4.79 Å². The topological polar surface area (TPSA) is 81.8 Å². The van der Waals surface area contributed by atoms with Crippen LogP contribution in [0.1, 0.15) is 26.7 Å². The Balaban J connectivity index is 2.01. The van der Waals surface area contributed by atoms with Crippen LogP contribution >= 0.6 is 0 Å². The number of likely N-dealkylation sites (tertiary alicyclic amines) is 1. The number of likely N-dealkylation sites (N-methyl/N-ethyl adjacent to an activating group) is 1. The number of imide groups is 1. The van der Waals surface area contributed by atoms with Gasteiger partial charge in [-0.2, -0.15) is 0 Å². The van der Waals surface area contributed by atoms with Crippen LogP contribution in [0.5, 0.6) is 0 Å². The van der Waals surface area contributed by atoms with E-state index in [1.54, 1.807) is 18.7 Å². The van der Waals surface area contributed by atoms with Gasteiger partial charge in [-0.15, -0.1) is 0 Å². The molecule has 2 aliphatic rings. The fraction of sp³-hybridized carbons (Fsp3) is 0.769. The van der Waals surface area contributed by atoms with Gasteiger partial charge in [0.05, 0.1) is 0 Å². The van der Waals surface area contributed by atoms with Gasteiger partial charge in [-0.25, -0.2) is 4.79 Å². The fourth-order valence-electron chi connectivity index (χ4n) is 2.64. The van der Waals surface area contributed by atoms with Gasteiger partial charge in [-0.1, -0.05) is 0 Å². The summed E-state index contributed by atoms with van der Waals surface area (Å²) < 4.78 is 0. The number of nitrogens with zero attached hydrogens (tertiary/aromatic N) is 2. The lowest BCUT2D eigenvalue weighted by Gasteiger charge is -2.35. The van der Waals surface area contributed by atoms with Gasteiger partial charge in [0.1, 0.15) is 12.1 Å². The largest absolute Gasteiger partial charge is 0.340 e. The number of rotatable bonds is 3. The smallest absolute Gasteiger partial charge is 0.325 e. The molecule has 7 nitrogen and oxygen atoms in total. The first-order valence-corrected chi connectivity index (χ1v) is 6.94. The molecular formula is C13H22N4O3. The van der Waals surface area contributed by atoms with Crippen molar-refractivity contribution in [1.29, 1.82) is 0 Å². The normalized spacial score (nSPS) is 25.9. The predicted octanol–water partition coefficient (Wildman–Crippen LogP) is -0.473. The second-order valence-electron chi connectivity index (χ2n) is 5.87. The van der Waals surface area contributed by atoms with E-state index in [1.807, 2.05) is 7.05 Å². The number of nitrogens with one attached hydrogen (secondary N) is 2. The minimum Gasteiger partial charge on any atom is -0.340 e. The molecule has 2 aliphatic heterocycles. The molecule has 0 aromatic carbocycles. The Morgan fingerprint density at radius 1 is 1.45 bits per heavy atom. The average molecular weight is 282 g/mol. The second-order valence-corrected chi connectivity index (χ2v) is 5.87. The van der Waals surface area contributed by atoms with Crippen LogP contribution in [-0.2, 0) is 9.59 Å². The van der Waals surface area contributed by atoms with Crippen molar-refractivity contribution in [3.05, 3.63) is 0 Å². The molecule has 0 saturated carbocycles. The molecule has 0 radical (unpaired) electrons. The Morgan fingerprint density at radius 3 is 2.70 bits per heavy atom. The highest BCUT2D eigenvalue weighted by Gasteiger charge is 2.46. The number of carbonyl (C=O) groups excluding carboxylic acids is 3. The van der Waals surface area contributed by atoms with Gasteiger partial charge >= 0.3 is 6.03 Å².